The first-order valence-electron chi connectivity index (χ1n) is 11.4. The van der Waals surface area contributed by atoms with Gasteiger partial charge in [0.2, 0.25) is 5.88 Å². The summed E-state index contributed by atoms with van der Waals surface area (Å²) in [5, 5.41) is 3.07. The first-order chi connectivity index (χ1) is 17.9. The minimum Gasteiger partial charge on any atom is -0.392 e. The van der Waals surface area contributed by atoms with Crippen LogP contribution in [0.5, 0.6) is 5.88 Å². The van der Waals surface area contributed by atoms with Crippen LogP contribution in [0.1, 0.15) is 16.6 Å². The predicted molar refractivity (Wildman–Crippen MR) is 143 cm³/mol. The molecule has 0 radical (unpaired) electrons. The summed E-state index contributed by atoms with van der Waals surface area (Å²) in [4.78, 5) is 19.6. The summed E-state index contributed by atoms with van der Waals surface area (Å²) in [5.41, 5.74) is 7.41. The van der Waals surface area contributed by atoms with Gasteiger partial charge < -0.3 is 20.4 Å². The van der Waals surface area contributed by atoms with Crippen LogP contribution in [0, 0.1) is 0 Å². The van der Waals surface area contributed by atoms with Gasteiger partial charge in [0.05, 0.1) is 9.79 Å². The molecule has 188 valence electrons. The molecule has 0 aliphatic rings. The van der Waals surface area contributed by atoms with E-state index in [4.69, 9.17) is 10.5 Å². The number of hydrogen-bond acceptors (Lipinski definition) is 6. The molecule has 5 N–H and O–H groups in total. The van der Waals surface area contributed by atoms with Gasteiger partial charge in [0.25, 0.3) is 0 Å². The molecule has 1 atom stereocenters. The highest BCUT2D eigenvalue weighted by atomic mass is 32.2. The molecule has 0 spiro atoms. The molecule has 0 aliphatic carbocycles. The molecule has 0 saturated heterocycles. The lowest BCUT2D eigenvalue weighted by atomic mass is 10.1. The molecule has 1 amide bonds. The highest BCUT2D eigenvalue weighted by Gasteiger charge is 2.29. The van der Waals surface area contributed by atoms with Crippen molar-refractivity contribution in [3.8, 4) is 5.88 Å². The van der Waals surface area contributed by atoms with Crippen LogP contribution in [0.15, 0.2) is 112 Å². The number of carbonyl (C=O) groups excluding carboxylic acids is 1. The SMILES string of the molecule is NC(=O)Oc1[nH]c2cc(CNC(c3ccc[nH]3)S(=O)(=O)c3ccccc3)ccc2c1Sc1ccccc1. The van der Waals surface area contributed by atoms with Crippen LogP contribution < -0.4 is 15.8 Å². The first-order valence-corrected chi connectivity index (χ1v) is 13.8. The van der Waals surface area contributed by atoms with Gasteiger partial charge in [-0.1, -0.05) is 60.3 Å². The number of rotatable bonds is 9. The summed E-state index contributed by atoms with van der Waals surface area (Å²) in [7, 11) is -3.71. The van der Waals surface area contributed by atoms with Crippen LogP contribution in [0.3, 0.4) is 0 Å². The van der Waals surface area contributed by atoms with Crippen molar-refractivity contribution in [3.05, 3.63) is 108 Å². The second-order valence-electron chi connectivity index (χ2n) is 8.24. The number of hydrogen-bond donors (Lipinski definition) is 4. The zero-order valence-corrected chi connectivity index (χ0v) is 21.2. The zero-order chi connectivity index (χ0) is 25.8. The van der Waals surface area contributed by atoms with E-state index in [9.17, 15) is 13.2 Å². The smallest absolute Gasteiger partial charge is 0.392 e. The van der Waals surface area contributed by atoms with Crippen molar-refractivity contribution >= 4 is 38.6 Å². The highest BCUT2D eigenvalue weighted by Crippen LogP contribution is 2.41. The minimum atomic E-state index is -3.71. The summed E-state index contributed by atoms with van der Waals surface area (Å²) >= 11 is 1.45. The van der Waals surface area contributed by atoms with Gasteiger partial charge in [-0.2, -0.15) is 0 Å². The van der Waals surface area contributed by atoms with Crippen molar-refractivity contribution in [1.29, 1.82) is 0 Å². The van der Waals surface area contributed by atoms with Gasteiger partial charge in [0, 0.05) is 34.2 Å². The number of ether oxygens (including phenoxy) is 1. The largest absolute Gasteiger partial charge is 0.411 e. The quantitative estimate of drug-likeness (QED) is 0.202. The number of carbonyl (C=O) groups is 1. The van der Waals surface area contributed by atoms with E-state index in [1.54, 1.807) is 48.7 Å². The van der Waals surface area contributed by atoms with Gasteiger partial charge in [-0.25, -0.2) is 13.2 Å². The molecule has 3 aromatic carbocycles. The molecular formula is C27H24N4O4S2. The Morgan fingerprint density at radius 2 is 1.70 bits per heavy atom. The van der Waals surface area contributed by atoms with E-state index in [1.807, 2.05) is 48.5 Å². The van der Waals surface area contributed by atoms with Crippen molar-refractivity contribution in [2.45, 2.75) is 26.6 Å². The Balaban J connectivity index is 1.44. The number of H-pyrrole nitrogens is 2. The van der Waals surface area contributed by atoms with Crippen molar-refractivity contribution < 1.29 is 17.9 Å². The molecule has 10 heteroatoms. The van der Waals surface area contributed by atoms with Gasteiger partial charge >= 0.3 is 6.09 Å². The first kappa shape index (κ1) is 24.7. The fourth-order valence-corrected chi connectivity index (χ4v) is 6.63. The maximum atomic E-state index is 13.4. The maximum absolute atomic E-state index is 13.4. The number of aromatic nitrogens is 2. The molecule has 0 saturated carbocycles. The highest BCUT2D eigenvalue weighted by molar-refractivity contribution is 7.99. The van der Waals surface area contributed by atoms with Gasteiger partial charge in [-0.3, -0.25) is 5.32 Å². The molecule has 0 bridgehead atoms. The van der Waals surface area contributed by atoms with Crippen LogP contribution in [0.2, 0.25) is 0 Å². The van der Waals surface area contributed by atoms with Crippen molar-refractivity contribution in [2.75, 3.05) is 0 Å². The molecule has 2 aromatic heterocycles. The number of nitrogens with two attached hydrogens (primary N) is 1. The van der Waals surface area contributed by atoms with E-state index in [2.05, 4.69) is 15.3 Å². The molecule has 5 aromatic rings. The summed E-state index contributed by atoms with van der Waals surface area (Å²) in [6.45, 7) is 0.276. The number of amides is 1. The lowest BCUT2D eigenvalue weighted by Crippen LogP contribution is -2.29. The van der Waals surface area contributed by atoms with Gasteiger partial charge in [-0.05, 0) is 48.0 Å². The van der Waals surface area contributed by atoms with Crippen molar-refractivity contribution in [2.24, 2.45) is 5.73 Å². The topological polar surface area (TPSA) is 130 Å². The van der Waals surface area contributed by atoms with E-state index in [0.29, 0.717) is 5.69 Å². The third-order valence-corrected chi connectivity index (χ3v) is 8.81. The Morgan fingerprint density at radius 1 is 0.973 bits per heavy atom. The van der Waals surface area contributed by atoms with Crippen LogP contribution in [0.4, 0.5) is 4.79 Å². The lowest BCUT2D eigenvalue weighted by molar-refractivity contribution is 0.208. The summed E-state index contributed by atoms with van der Waals surface area (Å²) in [5.74, 6) is 0.261. The molecule has 37 heavy (non-hydrogen) atoms. The molecule has 2 heterocycles. The fourth-order valence-electron chi connectivity index (χ4n) is 4.04. The Labute approximate surface area is 218 Å². The van der Waals surface area contributed by atoms with Crippen LogP contribution in [-0.2, 0) is 16.4 Å². The average molecular weight is 533 g/mol. The Bertz CT molecular complexity index is 1620. The van der Waals surface area contributed by atoms with Crippen LogP contribution >= 0.6 is 11.8 Å². The van der Waals surface area contributed by atoms with Gasteiger partial charge in [-0.15, -0.1) is 0 Å². The third-order valence-electron chi connectivity index (χ3n) is 5.73. The summed E-state index contributed by atoms with van der Waals surface area (Å²) in [6, 6.07) is 27.3. The standard InChI is InChI=1S/C27H24N4O4S2/c28-27(32)35-25-24(36-19-8-3-1-4-9-19)21-14-13-18(16-23(21)31-25)17-30-26(22-12-7-15-29-22)37(33,34)20-10-5-2-6-11-20/h1-16,26,29-31H,17H2,(H2,28,32). The van der Waals surface area contributed by atoms with Crippen LogP contribution in [0.25, 0.3) is 10.9 Å². The number of primary amides is 1. The average Bonchev–Trinajstić information content (AvgIpc) is 3.53. The van der Waals surface area contributed by atoms with Gasteiger partial charge in [0.15, 0.2) is 15.2 Å². The molecule has 0 fully saturated rings. The number of fused-ring (bicyclic) bond motifs is 1. The monoisotopic (exact) mass is 532 g/mol. The van der Waals surface area contributed by atoms with E-state index < -0.39 is 21.3 Å². The van der Waals surface area contributed by atoms with Crippen molar-refractivity contribution in [1.82, 2.24) is 15.3 Å². The number of aromatic amines is 2. The van der Waals surface area contributed by atoms with Gasteiger partial charge in [0.1, 0.15) is 0 Å². The van der Waals surface area contributed by atoms with E-state index in [1.165, 1.54) is 11.8 Å². The normalized spacial score (nSPS) is 12.4. The zero-order valence-electron chi connectivity index (χ0n) is 19.5. The minimum absolute atomic E-state index is 0.234. The molecule has 0 aliphatic heterocycles. The Kier molecular flexibility index (Phi) is 7.04. The number of sulfone groups is 1. The lowest BCUT2D eigenvalue weighted by Gasteiger charge is -2.19. The maximum Gasteiger partial charge on any atom is 0.411 e. The van der Waals surface area contributed by atoms with E-state index in [0.717, 1.165) is 26.3 Å². The molecule has 8 nitrogen and oxygen atoms in total. The molecular weight excluding hydrogens is 508 g/mol. The van der Waals surface area contributed by atoms with E-state index in [-0.39, 0.29) is 17.3 Å². The van der Waals surface area contributed by atoms with E-state index >= 15 is 0 Å². The predicted octanol–water partition coefficient (Wildman–Crippen LogP) is 5.37. The number of benzene rings is 3. The van der Waals surface area contributed by atoms with Crippen LogP contribution in [-0.4, -0.2) is 24.5 Å². The summed E-state index contributed by atoms with van der Waals surface area (Å²) < 4.78 is 32.1. The molecule has 5 rings (SSSR count). The number of nitrogens with one attached hydrogen (secondary N) is 3. The summed E-state index contributed by atoms with van der Waals surface area (Å²) in [6.07, 6.45) is 0.782. The fraction of sp³-hybridized carbons (Fsp3) is 0.0741. The second-order valence-corrected chi connectivity index (χ2v) is 11.4. The Morgan fingerprint density at radius 3 is 2.38 bits per heavy atom. The molecule has 1 unspecified atom stereocenters. The second kappa shape index (κ2) is 10.6. The third kappa shape index (κ3) is 5.41. The Hall–Kier alpha value is -3.99. The van der Waals surface area contributed by atoms with Crippen molar-refractivity contribution in [3.63, 3.8) is 0 Å².